The first-order valence-electron chi connectivity index (χ1n) is 6.59. The largest absolute Gasteiger partial charge is 0.466 e. The molecule has 1 N–H and O–H groups in total. The van der Waals surface area contributed by atoms with Gasteiger partial charge in [-0.1, -0.05) is 13.3 Å². The SMILES string of the molecule is CCC(=O)OCCCCCCn1c(=O)cc[nH]c1=S. The van der Waals surface area contributed by atoms with Gasteiger partial charge in [0.15, 0.2) is 4.77 Å². The van der Waals surface area contributed by atoms with Crippen LogP contribution in [-0.2, 0) is 16.1 Å². The van der Waals surface area contributed by atoms with Crippen LogP contribution >= 0.6 is 12.2 Å². The molecule has 0 aromatic carbocycles. The number of aromatic nitrogens is 2. The Balaban J connectivity index is 2.16. The Hall–Kier alpha value is -1.43. The van der Waals surface area contributed by atoms with E-state index in [1.807, 2.05) is 0 Å². The normalized spacial score (nSPS) is 10.4. The van der Waals surface area contributed by atoms with Crippen molar-refractivity contribution in [1.82, 2.24) is 9.55 Å². The van der Waals surface area contributed by atoms with Gasteiger partial charge in [0.25, 0.3) is 5.56 Å². The highest BCUT2D eigenvalue weighted by molar-refractivity contribution is 7.71. The number of carbonyl (C=O) groups excluding carboxylic acids is 1. The van der Waals surface area contributed by atoms with E-state index in [1.54, 1.807) is 17.7 Å². The summed E-state index contributed by atoms with van der Waals surface area (Å²) >= 11 is 5.05. The number of unbranched alkanes of at least 4 members (excludes halogenated alkanes) is 3. The molecule has 0 aliphatic rings. The Labute approximate surface area is 117 Å². The van der Waals surface area contributed by atoms with Gasteiger partial charge in [-0.3, -0.25) is 14.2 Å². The number of esters is 1. The van der Waals surface area contributed by atoms with Gasteiger partial charge in [0.1, 0.15) is 0 Å². The van der Waals surface area contributed by atoms with E-state index in [4.69, 9.17) is 17.0 Å². The molecule has 0 unspecified atom stereocenters. The monoisotopic (exact) mass is 284 g/mol. The number of carbonyl (C=O) groups is 1. The summed E-state index contributed by atoms with van der Waals surface area (Å²) in [4.78, 5) is 25.3. The lowest BCUT2D eigenvalue weighted by molar-refractivity contribution is -0.143. The second-order valence-electron chi connectivity index (χ2n) is 4.26. The van der Waals surface area contributed by atoms with Gasteiger partial charge in [-0.2, -0.15) is 0 Å². The number of hydrogen-bond donors (Lipinski definition) is 1. The first-order valence-corrected chi connectivity index (χ1v) is 7.00. The van der Waals surface area contributed by atoms with E-state index in [2.05, 4.69) is 4.98 Å². The second-order valence-corrected chi connectivity index (χ2v) is 4.65. The molecule has 0 saturated heterocycles. The fourth-order valence-corrected chi connectivity index (χ4v) is 1.93. The quantitative estimate of drug-likeness (QED) is 0.452. The van der Waals surface area contributed by atoms with Gasteiger partial charge in [-0.25, -0.2) is 0 Å². The van der Waals surface area contributed by atoms with Crippen molar-refractivity contribution in [2.24, 2.45) is 0 Å². The van der Waals surface area contributed by atoms with E-state index in [9.17, 15) is 9.59 Å². The summed E-state index contributed by atoms with van der Waals surface area (Å²) in [7, 11) is 0. The Morgan fingerprint density at radius 1 is 1.37 bits per heavy atom. The topological polar surface area (TPSA) is 64.1 Å². The molecule has 5 nitrogen and oxygen atoms in total. The average molecular weight is 284 g/mol. The maximum atomic E-state index is 11.5. The molecule has 0 bridgehead atoms. The molecule has 0 spiro atoms. The number of hydrogen-bond acceptors (Lipinski definition) is 4. The summed E-state index contributed by atoms with van der Waals surface area (Å²) in [5.74, 6) is -0.151. The molecule has 1 rings (SSSR count). The molecule has 0 saturated carbocycles. The molecule has 106 valence electrons. The first kappa shape index (κ1) is 15.6. The summed E-state index contributed by atoms with van der Waals surface area (Å²) in [6.45, 7) is 2.89. The number of rotatable bonds is 8. The number of H-pyrrole nitrogens is 1. The Bertz CT molecular complexity index is 479. The molecule has 1 aromatic heterocycles. The van der Waals surface area contributed by atoms with Gasteiger partial charge in [-0.05, 0) is 31.5 Å². The standard InChI is InChI=1S/C13H20N2O3S/c1-2-12(17)18-10-6-4-3-5-9-15-11(16)7-8-14-13(15)19/h7-8H,2-6,9-10H2,1H3,(H,14,19). The molecule has 1 aromatic rings. The minimum Gasteiger partial charge on any atom is -0.466 e. The maximum Gasteiger partial charge on any atom is 0.305 e. The number of nitrogens with zero attached hydrogens (tertiary/aromatic N) is 1. The number of ether oxygens (including phenoxy) is 1. The lowest BCUT2D eigenvalue weighted by Gasteiger charge is -2.05. The Morgan fingerprint density at radius 2 is 2.11 bits per heavy atom. The summed E-state index contributed by atoms with van der Waals surface area (Å²) in [5.41, 5.74) is -0.0689. The predicted molar refractivity (Wildman–Crippen MR) is 75.6 cm³/mol. The van der Waals surface area contributed by atoms with Crippen molar-refractivity contribution < 1.29 is 9.53 Å². The van der Waals surface area contributed by atoms with E-state index in [-0.39, 0.29) is 11.5 Å². The molecular formula is C13H20N2O3S. The van der Waals surface area contributed by atoms with Crippen LogP contribution < -0.4 is 5.56 Å². The van der Waals surface area contributed by atoms with Crippen molar-refractivity contribution in [2.45, 2.75) is 45.6 Å². The van der Waals surface area contributed by atoms with Gasteiger partial charge in [0, 0.05) is 25.2 Å². The van der Waals surface area contributed by atoms with Crippen LogP contribution in [0.25, 0.3) is 0 Å². The lowest BCUT2D eigenvalue weighted by Crippen LogP contribution is -2.20. The van der Waals surface area contributed by atoms with Crippen molar-refractivity contribution in [3.05, 3.63) is 27.4 Å². The Morgan fingerprint density at radius 3 is 2.79 bits per heavy atom. The summed E-state index contributed by atoms with van der Waals surface area (Å²) in [6, 6.07) is 1.47. The van der Waals surface area contributed by atoms with Gasteiger partial charge >= 0.3 is 5.97 Å². The van der Waals surface area contributed by atoms with Crippen molar-refractivity contribution in [2.75, 3.05) is 6.61 Å². The van der Waals surface area contributed by atoms with Crippen LogP contribution in [0.4, 0.5) is 0 Å². The third-order valence-electron chi connectivity index (χ3n) is 2.77. The molecule has 0 amide bonds. The van der Waals surface area contributed by atoms with Crippen LogP contribution in [0, 0.1) is 4.77 Å². The molecule has 19 heavy (non-hydrogen) atoms. The molecule has 0 fully saturated rings. The van der Waals surface area contributed by atoms with Gasteiger partial charge in [-0.15, -0.1) is 0 Å². The zero-order chi connectivity index (χ0) is 14.1. The van der Waals surface area contributed by atoms with E-state index >= 15 is 0 Å². The molecule has 0 atom stereocenters. The third kappa shape index (κ3) is 5.83. The highest BCUT2D eigenvalue weighted by Gasteiger charge is 1.99. The van der Waals surface area contributed by atoms with Crippen molar-refractivity contribution in [3.63, 3.8) is 0 Å². The minimum absolute atomic E-state index is 0.0689. The number of aromatic amines is 1. The molecule has 1 heterocycles. The van der Waals surface area contributed by atoms with Crippen LogP contribution in [0.3, 0.4) is 0 Å². The smallest absolute Gasteiger partial charge is 0.305 e. The van der Waals surface area contributed by atoms with Gasteiger partial charge in [0.05, 0.1) is 6.61 Å². The summed E-state index contributed by atoms with van der Waals surface area (Å²) in [6.07, 6.45) is 5.71. The predicted octanol–water partition coefficient (Wildman–Crippen LogP) is 2.42. The van der Waals surface area contributed by atoms with Crippen LogP contribution in [-0.4, -0.2) is 22.1 Å². The fraction of sp³-hybridized carbons (Fsp3) is 0.615. The molecular weight excluding hydrogens is 264 g/mol. The van der Waals surface area contributed by atoms with E-state index in [0.717, 1.165) is 25.7 Å². The highest BCUT2D eigenvalue weighted by Crippen LogP contribution is 2.02. The highest BCUT2D eigenvalue weighted by atomic mass is 32.1. The minimum atomic E-state index is -0.151. The van der Waals surface area contributed by atoms with Crippen molar-refractivity contribution >= 4 is 18.2 Å². The van der Waals surface area contributed by atoms with E-state index < -0.39 is 0 Å². The van der Waals surface area contributed by atoms with Crippen LogP contribution in [0.5, 0.6) is 0 Å². The summed E-state index contributed by atoms with van der Waals surface area (Å²) < 4.78 is 7.00. The van der Waals surface area contributed by atoms with Gasteiger partial charge < -0.3 is 9.72 Å². The van der Waals surface area contributed by atoms with Crippen LogP contribution in [0.15, 0.2) is 17.1 Å². The Kier molecular flexibility index (Phi) is 7.10. The summed E-state index contributed by atoms with van der Waals surface area (Å²) in [5, 5.41) is 0. The van der Waals surface area contributed by atoms with Crippen LogP contribution in [0.1, 0.15) is 39.0 Å². The zero-order valence-electron chi connectivity index (χ0n) is 11.2. The maximum absolute atomic E-state index is 11.5. The number of nitrogens with one attached hydrogen (secondary N) is 1. The molecule has 0 aliphatic carbocycles. The van der Waals surface area contributed by atoms with Gasteiger partial charge in [0.2, 0.25) is 0 Å². The van der Waals surface area contributed by atoms with Crippen molar-refractivity contribution in [1.29, 1.82) is 0 Å². The van der Waals surface area contributed by atoms with Crippen molar-refractivity contribution in [3.8, 4) is 0 Å². The van der Waals surface area contributed by atoms with E-state index in [0.29, 0.717) is 24.3 Å². The first-order chi connectivity index (χ1) is 9.15. The van der Waals surface area contributed by atoms with E-state index in [1.165, 1.54) is 6.07 Å². The molecule has 6 heteroatoms. The lowest BCUT2D eigenvalue weighted by atomic mass is 10.2. The molecule has 0 aliphatic heterocycles. The third-order valence-corrected chi connectivity index (χ3v) is 3.11. The second kappa shape index (κ2) is 8.63. The van der Waals surface area contributed by atoms with Crippen LogP contribution in [0.2, 0.25) is 0 Å². The molecule has 0 radical (unpaired) electrons. The zero-order valence-corrected chi connectivity index (χ0v) is 12.0. The fourth-order valence-electron chi connectivity index (χ4n) is 1.68. The average Bonchev–Trinajstić information content (AvgIpc) is 2.40.